The van der Waals surface area contributed by atoms with E-state index >= 15 is 0 Å². The second-order valence-electron chi connectivity index (χ2n) is 5.49. The maximum atomic E-state index is 11.3. The van der Waals surface area contributed by atoms with Gasteiger partial charge >= 0.3 is 5.97 Å². The van der Waals surface area contributed by atoms with Gasteiger partial charge in [-0.3, -0.25) is 15.0 Å². The van der Waals surface area contributed by atoms with Crippen molar-refractivity contribution in [3.8, 4) is 0 Å². The first-order valence-corrected chi connectivity index (χ1v) is 6.75. The van der Waals surface area contributed by atoms with Crippen molar-refractivity contribution in [3.63, 3.8) is 0 Å². The zero-order valence-electron chi connectivity index (χ0n) is 11.7. The maximum absolute atomic E-state index is 11.3. The fraction of sp³-hybridized carbons (Fsp3) is 0.923. The van der Waals surface area contributed by atoms with Crippen molar-refractivity contribution in [3.05, 3.63) is 0 Å². The van der Waals surface area contributed by atoms with Crippen LogP contribution in [0.2, 0.25) is 0 Å². The summed E-state index contributed by atoms with van der Waals surface area (Å²) in [6, 6.07) is 0.175. The number of ether oxygens (including phenoxy) is 1. The van der Waals surface area contributed by atoms with Crippen molar-refractivity contribution in [2.45, 2.75) is 45.2 Å². The largest absolute Gasteiger partial charge is 0.480 e. The standard InChI is InChI=1S/C13H26N2O3/c1-11(2)14-13(3,12(16)17)5-4-6-15-7-9-18-10-8-15/h11,14H,4-10H2,1-3H3,(H,16,17). The molecule has 0 amide bonds. The first-order chi connectivity index (χ1) is 8.44. The quantitative estimate of drug-likeness (QED) is 0.711. The fourth-order valence-corrected chi connectivity index (χ4v) is 2.36. The predicted molar refractivity (Wildman–Crippen MR) is 70.8 cm³/mol. The number of hydrogen-bond acceptors (Lipinski definition) is 4. The summed E-state index contributed by atoms with van der Waals surface area (Å²) in [6.07, 6.45) is 1.54. The number of nitrogens with zero attached hydrogens (tertiary/aromatic N) is 1. The molecular weight excluding hydrogens is 232 g/mol. The zero-order valence-corrected chi connectivity index (χ0v) is 11.7. The van der Waals surface area contributed by atoms with E-state index in [9.17, 15) is 9.90 Å². The molecule has 1 heterocycles. The van der Waals surface area contributed by atoms with Gasteiger partial charge in [0.2, 0.25) is 0 Å². The lowest BCUT2D eigenvalue weighted by Gasteiger charge is -2.31. The number of morpholine rings is 1. The summed E-state index contributed by atoms with van der Waals surface area (Å²) in [4.78, 5) is 13.7. The second-order valence-corrected chi connectivity index (χ2v) is 5.49. The molecule has 1 saturated heterocycles. The van der Waals surface area contributed by atoms with Gasteiger partial charge in [-0.05, 0) is 40.2 Å². The smallest absolute Gasteiger partial charge is 0.323 e. The molecule has 18 heavy (non-hydrogen) atoms. The van der Waals surface area contributed by atoms with Crippen molar-refractivity contribution >= 4 is 5.97 Å². The first kappa shape index (κ1) is 15.4. The summed E-state index contributed by atoms with van der Waals surface area (Å²) in [6.45, 7) is 10.2. The van der Waals surface area contributed by atoms with Crippen molar-refractivity contribution in [2.24, 2.45) is 0 Å². The lowest BCUT2D eigenvalue weighted by Crippen LogP contribution is -2.52. The summed E-state index contributed by atoms with van der Waals surface area (Å²) in [5, 5.41) is 12.5. The van der Waals surface area contributed by atoms with Gasteiger partial charge in [0.05, 0.1) is 13.2 Å². The molecule has 1 atom stereocenters. The molecule has 2 N–H and O–H groups in total. The maximum Gasteiger partial charge on any atom is 0.323 e. The van der Waals surface area contributed by atoms with E-state index in [0.29, 0.717) is 6.42 Å². The monoisotopic (exact) mass is 258 g/mol. The van der Waals surface area contributed by atoms with Crippen LogP contribution in [0.1, 0.15) is 33.6 Å². The molecule has 1 rings (SSSR count). The van der Waals surface area contributed by atoms with Crippen LogP contribution < -0.4 is 5.32 Å². The van der Waals surface area contributed by atoms with Gasteiger partial charge < -0.3 is 9.84 Å². The lowest BCUT2D eigenvalue weighted by atomic mass is 9.94. The van der Waals surface area contributed by atoms with Crippen LogP contribution >= 0.6 is 0 Å². The molecule has 0 aliphatic carbocycles. The summed E-state index contributed by atoms with van der Waals surface area (Å²) in [5.74, 6) is -0.766. The van der Waals surface area contributed by atoms with Gasteiger partial charge in [-0.2, -0.15) is 0 Å². The van der Waals surface area contributed by atoms with E-state index < -0.39 is 11.5 Å². The van der Waals surface area contributed by atoms with Crippen LogP contribution in [-0.4, -0.2) is 60.4 Å². The molecule has 0 bridgehead atoms. The Hall–Kier alpha value is -0.650. The van der Waals surface area contributed by atoms with Gasteiger partial charge in [0.1, 0.15) is 5.54 Å². The Labute approximate surface area is 109 Å². The van der Waals surface area contributed by atoms with Crippen LogP contribution in [0.5, 0.6) is 0 Å². The molecule has 0 saturated carbocycles. The summed E-state index contributed by atoms with van der Waals surface area (Å²) in [7, 11) is 0. The summed E-state index contributed by atoms with van der Waals surface area (Å²) >= 11 is 0. The van der Waals surface area contributed by atoms with Crippen LogP contribution in [0, 0.1) is 0 Å². The van der Waals surface area contributed by atoms with Gasteiger partial charge in [0.25, 0.3) is 0 Å². The predicted octanol–water partition coefficient (Wildman–Crippen LogP) is 0.940. The van der Waals surface area contributed by atoms with E-state index in [1.54, 1.807) is 6.92 Å². The molecule has 0 spiro atoms. The Balaban J connectivity index is 2.35. The topological polar surface area (TPSA) is 61.8 Å². The molecule has 0 aromatic rings. The fourth-order valence-electron chi connectivity index (χ4n) is 2.36. The molecule has 106 valence electrons. The highest BCUT2D eigenvalue weighted by molar-refractivity contribution is 5.78. The van der Waals surface area contributed by atoms with E-state index in [4.69, 9.17) is 4.74 Å². The molecule has 1 fully saturated rings. The summed E-state index contributed by atoms with van der Waals surface area (Å²) < 4.78 is 5.29. The first-order valence-electron chi connectivity index (χ1n) is 6.75. The average molecular weight is 258 g/mol. The lowest BCUT2D eigenvalue weighted by molar-refractivity contribution is -0.144. The molecule has 0 aromatic heterocycles. The van der Waals surface area contributed by atoms with Gasteiger partial charge in [0.15, 0.2) is 0 Å². The van der Waals surface area contributed by atoms with Crippen molar-refractivity contribution in [2.75, 3.05) is 32.8 Å². The Morgan fingerprint density at radius 2 is 2.06 bits per heavy atom. The van der Waals surface area contributed by atoms with Crippen LogP contribution in [0.25, 0.3) is 0 Å². The van der Waals surface area contributed by atoms with Crippen molar-refractivity contribution in [1.29, 1.82) is 0 Å². The third kappa shape index (κ3) is 4.92. The number of carboxylic acids is 1. The molecule has 1 unspecified atom stereocenters. The second kappa shape index (κ2) is 7.07. The molecule has 1 aliphatic heterocycles. The van der Waals surface area contributed by atoms with Crippen LogP contribution in [0.15, 0.2) is 0 Å². The minimum Gasteiger partial charge on any atom is -0.480 e. The average Bonchev–Trinajstić information content (AvgIpc) is 2.29. The number of nitrogens with one attached hydrogen (secondary N) is 1. The molecule has 0 aromatic carbocycles. The van der Waals surface area contributed by atoms with E-state index in [1.165, 1.54) is 0 Å². The van der Waals surface area contributed by atoms with E-state index in [1.807, 2.05) is 13.8 Å². The number of hydrogen-bond donors (Lipinski definition) is 2. The molecule has 0 radical (unpaired) electrons. The number of rotatable bonds is 7. The number of carboxylic acid groups (broad SMARTS) is 1. The van der Waals surface area contributed by atoms with Crippen LogP contribution in [0.4, 0.5) is 0 Å². The Kier molecular flexibility index (Phi) is 6.05. The molecule has 5 heteroatoms. The molecule has 1 aliphatic rings. The van der Waals surface area contributed by atoms with E-state index in [-0.39, 0.29) is 6.04 Å². The SMILES string of the molecule is CC(C)NC(C)(CCCN1CCOCC1)C(=O)O. The Morgan fingerprint density at radius 1 is 1.44 bits per heavy atom. The van der Waals surface area contributed by atoms with Crippen LogP contribution in [0.3, 0.4) is 0 Å². The third-order valence-corrected chi connectivity index (χ3v) is 3.33. The van der Waals surface area contributed by atoms with Crippen molar-refractivity contribution < 1.29 is 14.6 Å². The van der Waals surface area contributed by atoms with Crippen LogP contribution in [-0.2, 0) is 9.53 Å². The van der Waals surface area contributed by atoms with Gasteiger partial charge in [-0.1, -0.05) is 0 Å². The van der Waals surface area contributed by atoms with Crippen molar-refractivity contribution in [1.82, 2.24) is 10.2 Å². The zero-order chi connectivity index (χ0) is 13.6. The third-order valence-electron chi connectivity index (χ3n) is 3.33. The highest BCUT2D eigenvalue weighted by Crippen LogP contribution is 2.15. The Morgan fingerprint density at radius 3 is 2.56 bits per heavy atom. The minimum absolute atomic E-state index is 0.175. The Bertz CT molecular complexity index is 265. The van der Waals surface area contributed by atoms with Gasteiger partial charge in [0, 0.05) is 19.1 Å². The van der Waals surface area contributed by atoms with E-state index in [0.717, 1.165) is 39.3 Å². The van der Waals surface area contributed by atoms with Gasteiger partial charge in [-0.25, -0.2) is 0 Å². The van der Waals surface area contributed by atoms with E-state index in [2.05, 4.69) is 10.2 Å². The number of aliphatic carboxylic acids is 1. The molecular formula is C13H26N2O3. The summed E-state index contributed by atoms with van der Waals surface area (Å²) in [5.41, 5.74) is -0.819. The highest BCUT2D eigenvalue weighted by Gasteiger charge is 2.32. The number of carbonyl (C=O) groups is 1. The normalized spacial score (nSPS) is 20.9. The highest BCUT2D eigenvalue weighted by atomic mass is 16.5. The molecule has 5 nitrogen and oxygen atoms in total. The van der Waals surface area contributed by atoms with Gasteiger partial charge in [-0.15, -0.1) is 0 Å². The minimum atomic E-state index is -0.819.